The van der Waals surface area contributed by atoms with E-state index >= 15 is 0 Å². The Morgan fingerprint density at radius 2 is 2.16 bits per heavy atom. The monoisotopic (exact) mass is 260 g/mol. The fourth-order valence-electron chi connectivity index (χ4n) is 1.38. The molecule has 1 aromatic rings. The van der Waals surface area contributed by atoms with E-state index in [0.29, 0.717) is 5.69 Å². The number of nitrogens with one attached hydrogen (secondary N) is 1. The van der Waals surface area contributed by atoms with Crippen LogP contribution in [0.5, 0.6) is 0 Å². The molecule has 19 heavy (non-hydrogen) atoms. The number of methoxy groups -OCH3 is 1. The summed E-state index contributed by atoms with van der Waals surface area (Å²) in [5, 5.41) is 2.83. The molecule has 3 N–H and O–H groups in total. The molecule has 0 radical (unpaired) electrons. The van der Waals surface area contributed by atoms with Crippen molar-refractivity contribution in [1.29, 1.82) is 0 Å². The van der Waals surface area contributed by atoms with Crippen LogP contribution in [0.25, 0.3) is 0 Å². The lowest BCUT2D eigenvalue weighted by Crippen LogP contribution is -2.39. The van der Waals surface area contributed by atoms with E-state index in [4.69, 9.17) is 10.5 Å². The van der Waals surface area contributed by atoms with E-state index in [1.165, 1.54) is 7.11 Å². The molecule has 1 aromatic carbocycles. The number of amides is 1. The van der Waals surface area contributed by atoms with Gasteiger partial charge in [-0.05, 0) is 38.5 Å². The van der Waals surface area contributed by atoms with E-state index in [0.717, 1.165) is 11.1 Å². The molecule has 102 valence electrons. The quantitative estimate of drug-likeness (QED) is 0.813. The standard InChI is InChI=1S/C15H20N2O2/c1-11-7-8-13(12(10-11)6-5-9-16)17-14(18)15(2,3)19-4/h7-8,10H,9,16H2,1-4H3,(H,17,18). The molecule has 0 spiro atoms. The van der Waals surface area contributed by atoms with Crippen LogP contribution >= 0.6 is 0 Å². The number of nitrogens with two attached hydrogens (primary N) is 1. The van der Waals surface area contributed by atoms with Crippen molar-refractivity contribution in [3.05, 3.63) is 29.3 Å². The molecule has 0 aliphatic carbocycles. The summed E-state index contributed by atoms with van der Waals surface area (Å²) in [6.07, 6.45) is 0. The predicted octanol–water partition coefficient (Wildman–Crippen LogP) is 1.67. The fraction of sp³-hybridized carbons (Fsp3) is 0.400. The van der Waals surface area contributed by atoms with Crippen LogP contribution in [0.1, 0.15) is 25.0 Å². The third-order valence-electron chi connectivity index (χ3n) is 2.81. The van der Waals surface area contributed by atoms with Crippen molar-refractivity contribution in [3.8, 4) is 11.8 Å². The Hall–Kier alpha value is -1.83. The number of anilines is 1. The Morgan fingerprint density at radius 1 is 1.47 bits per heavy atom. The van der Waals surface area contributed by atoms with Gasteiger partial charge in [-0.1, -0.05) is 17.9 Å². The van der Waals surface area contributed by atoms with Gasteiger partial charge < -0.3 is 15.8 Å². The maximum absolute atomic E-state index is 12.1. The highest BCUT2D eigenvalue weighted by atomic mass is 16.5. The number of hydrogen-bond donors (Lipinski definition) is 2. The van der Waals surface area contributed by atoms with Gasteiger partial charge in [0, 0.05) is 12.7 Å². The molecule has 1 rings (SSSR count). The zero-order valence-corrected chi connectivity index (χ0v) is 11.8. The number of benzene rings is 1. The number of rotatable bonds is 3. The van der Waals surface area contributed by atoms with E-state index in [2.05, 4.69) is 17.2 Å². The number of hydrogen-bond acceptors (Lipinski definition) is 3. The third kappa shape index (κ3) is 4.09. The molecule has 0 aliphatic heterocycles. The predicted molar refractivity (Wildman–Crippen MR) is 76.8 cm³/mol. The molecule has 0 aliphatic rings. The minimum atomic E-state index is -0.885. The molecule has 0 aromatic heterocycles. The first-order valence-corrected chi connectivity index (χ1v) is 6.07. The minimum absolute atomic E-state index is 0.213. The molecule has 0 saturated heterocycles. The Kier molecular flexibility index (Phi) is 5.11. The smallest absolute Gasteiger partial charge is 0.256 e. The van der Waals surface area contributed by atoms with Gasteiger partial charge in [-0.2, -0.15) is 0 Å². The summed E-state index contributed by atoms with van der Waals surface area (Å²) in [6, 6.07) is 5.67. The van der Waals surface area contributed by atoms with Crippen molar-refractivity contribution in [2.45, 2.75) is 26.4 Å². The Balaban J connectivity index is 3.04. The third-order valence-corrected chi connectivity index (χ3v) is 2.81. The van der Waals surface area contributed by atoms with Gasteiger partial charge in [0.2, 0.25) is 0 Å². The molecule has 4 nitrogen and oxygen atoms in total. The number of carbonyl (C=O) groups is 1. The zero-order valence-electron chi connectivity index (χ0n) is 11.8. The van der Waals surface area contributed by atoms with Gasteiger partial charge in [0.1, 0.15) is 5.60 Å². The SMILES string of the molecule is COC(C)(C)C(=O)Nc1ccc(C)cc1C#CCN. The zero-order chi connectivity index (χ0) is 14.5. The van der Waals surface area contributed by atoms with Crippen molar-refractivity contribution in [1.82, 2.24) is 0 Å². The van der Waals surface area contributed by atoms with Crippen LogP contribution in [-0.4, -0.2) is 25.2 Å². The molecule has 0 heterocycles. The fourth-order valence-corrected chi connectivity index (χ4v) is 1.38. The van der Waals surface area contributed by atoms with Crippen molar-refractivity contribution in [2.24, 2.45) is 5.73 Å². The lowest BCUT2D eigenvalue weighted by Gasteiger charge is -2.22. The highest BCUT2D eigenvalue weighted by Crippen LogP contribution is 2.19. The summed E-state index contributed by atoms with van der Waals surface area (Å²) < 4.78 is 5.15. The highest BCUT2D eigenvalue weighted by Gasteiger charge is 2.27. The lowest BCUT2D eigenvalue weighted by atomic mass is 10.1. The average Bonchev–Trinajstić information content (AvgIpc) is 2.38. The van der Waals surface area contributed by atoms with Crippen LogP contribution in [-0.2, 0) is 9.53 Å². The Morgan fingerprint density at radius 3 is 2.74 bits per heavy atom. The second-order valence-electron chi connectivity index (χ2n) is 4.72. The largest absolute Gasteiger partial charge is 0.369 e. The van der Waals surface area contributed by atoms with E-state index in [1.54, 1.807) is 13.8 Å². The van der Waals surface area contributed by atoms with Gasteiger partial charge in [0.25, 0.3) is 5.91 Å². The molecule has 1 amide bonds. The highest BCUT2D eigenvalue weighted by molar-refractivity contribution is 5.97. The van der Waals surface area contributed by atoms with Crippen molar-refractivity contribution < 1.29 is 9.53 Å². The van der Waals surface area contributed by atoms with Crippen LogP contribution in [0, 0.1) is 18.8 Å². The van der Waals surface area contributed by atoms with Gasteiger partial charge >= 0.3 is 0 Å². The topological polar surface area (TPSA) is 64.3 Å². The first-order chi connectivity index (χ1) is 8.90. The lowest BCUT2D eigenvalue weighted by molar-refractivity contribution is -0.133. The minimum Gasteiger partial charge on any atom is -0.369 e. The maximum Gasteiger partial charge on any atom is 0.256 e. The first-order valence-electron chi connectivity index (χ1n) is 6.07. The summed E-state index contributed by atoms with van der Waals surface area (Å²) in [4.78, 5) is 12.1. The second-order valence-corrected chi connectivity index (χ2v) is 4.72. The van der Waals surface area contributed by atoms with E-state index < -0.39 is 5.60 Å². The van der Waals surface area contributed by atoms with Crippen LogP contribution in [0.3, 0.4) is 0 Å². The normalized spacial score (nSPS) is 10.6. The average molecular weight is 260 g/mol. The molecule has 0 atom stereocenters. The molecule has 0 saturated carbocycles. The summed E-state index contributed by atoms with van der Waals surface area (Å²) in [5.74, 6) is 5.54. The van der Waals surface area contributed by atoms with Crippen LogP contribution in [0.15, 0.2) is 18.2 Å². The molecular weight excluding hydrogens is 240 g/mol. The second kappa shape index (κ2) is 6.37. The van der Waals surface area contributed by atoms with E-state index in [-0.39, 0.29) is 12.5 Å². The summed E-state index contributed by atoms with van der Waals surface area (Å²) in [7, 11) is 1.50. The van der Waals surface area contributed by atoms with Crippen molar-refractivity contribution in [2.75, 3.05) is 19.0 Å². The van der Waals surface area contributed by atoms with E-state index in [9.17, 15) is 4.79 Å². The molecule has 4 heteroatoms. The van der Waals surface area contributed by atoms with Crippen LogP contribution < -0.4 is 11.1 Å². The summed E-state index contributed by atoms with van der Waals surface area (Å²) in [6.45, 7) is 5.67. The van der Waals surface area contributed by atoms with E-state index in [1.807, 2.05) is 25.1 Å². The first kappa shape index (κ1) is 15.2. The van der Waals surface area contributed by atoms with Gasteiger partial charge in [-0.15, -0.1) is 0 Å². The molecule has 0 unspecified atom stereocenters. The summed E-state index contributed by atoms with van der Waals surface area (Å²) >= 11 is 0. The van der Waals surface area contributed by atoms with Crippen LogP contribution in [0.4, 0.5) is 5.69 Å². The number of carbonyl (C=O) groups excluding carboxylic acids is 1. The Labute approximate surface area is 114 Å². The van der Waals surface area contributed by atoms with Gasteiger partial charge in [-0.25, -0.2) is 0 Å². The maximum atomic E-state index is 12.1. The summed E-state index contributed by atoms with van der Waals surface area (Å²) in [5.41, 5.74) is 6.99. The number of ether oxygens (including phenoxy) is 1. The molecule has 0 bridgehead atoms. The van der Waals surface area contributed by atoms with Crippen molar-refractivity contribution >= 4 is 11.6 Å². The molecular formula is C15H20N2O2. The van der Waals surface area contributed by atoms with Crippen LogP contribution in [0.2, 0.25) is 0 Å². The molecule has 0 fully saturated rings. The van der Waals surface area contributed by atoms with Gasteiger partial charge in [0.15, 0.2) is 0 Å². The number of aryl methyl sites for hydroxylation is 1. The Bertz CT molecular complexity index is 525. The van der Waals surface area contributed by atoms with Crippen molar-refractivity contribution in [3.63, 3.8) is 0 Å². The van der Waals surface area contributed by atoms with Gasteiger partial charge in [-0.3, -0.25) is 4.79 Å². The van der Waals surface area contributed by atoms with Gasteiger partial charge in [0.05, 0.1) is 12.2 Å².